The topological polar surface area (TPSA) is 96.8 Å². The van der Waals surface area contributed by atoms with E-state index in [-0.39, 0.29) is 24.5 Å². The number of rotatable bonds is 8. The van der Waals surface area contributed by atoms with E-state index in [2.05, 4.69) is 16.4 Å². The average Bonchev–Trinajstić information content (AvgIpc) is 3.72. The molecule has 0 spiro atoms. The molecule has 2 atom stereocenters. The number of hydrogen-bond donors (Lipinski definition) is 2. The Morgan fingerprint density at radius 3 is 2.60 bits per heavy atom. The van der Waals surface area contributed by atoms with E-state index < -0.39 is 35.6 Å². The zero-order valence-electron chi connectivity index (χ0n) is 26.2. The van der Waals surface area contributed by atoms with E-state index in [1.165, 1.54) is 12.7 Å². The first kappa shape index (κ1) is 32.4. The van der Waals surface area contributed by atoms with Gasteiger partial charge in [0.2, 0.25) is 11.8 Å². The number of aliphatic carboxylic acids is 1. The summed E-state index contributed by atoms with van der Waals surface area (Å²) >= 11 is 7.07. The molecule has 2 aromatic carbocycles. The zero-order valence-corrected chi connectivity index (χ0v) is 27.0. The fraction of sp³-hybridized carbons (Fsp3) is 0.361. The van der Waals surface area contributed by atoms with Crippen LogP contribution >= 0.6 is 11.6 Å². The lowest BCUT2D eigenvalue weighted by Gasteiger charge is -2.22. The first-order chi connectivity index (χ1) is 23.1. The summed E-state index contributed by atoms with van der Waals surface area (Å²) in [4.78, 5) is 22.3. The molecule has 0 amide bonds. The third kappa shape index (κ3) is 6.22. The number of methoxy groups -OCH3 is 1. The van der Waals surface area contributed by atoms with Gasteiger partial charge in [0.1, 0.15) is 11.7 Å². The highest BCUT2D eigenvalue weighted by Gasteiger charge is 2.39. The second-order valence-corrected chi connectivity index (χ2v) is 12.9. The molecule has 4 aromatic rings. The molecule has 1 aliphatic carbocycles. The maximum Gasteiger partial charge on any atom is 0.421 e. The molecule has 2 aromatic heterocycles. The molecule has 250 valence electrons. The molecule has 0 bridgehead atoms. The van der Waals surface area contributed by atoms with Gasteiger partial charge >= 0.3 is 12.1 Å². The SMILES string of the molecule is COc1nc(O[C@H]2CCc3c(-c4cccc(-c5ccc6c(n5)CCNC6)c4Cl)cccc32)c(C(F)(F)F)cc1CN1CC[C@@H](C(=O)O)C1. The molecule has 0 unspecified atom stereocenters. The predicted octanol–water partition coefficient (Wildman–Crippen LogP) is 7.11. The highest BCUT2D eigenvalue weighted by atomic mass is 35.5. The van der Waals surface area contributed by atoms with Crippen molar-refractivity contribution in [2.75, 3.05) is 26.7 Å². The van der Waals surface area contributed by atoms with Crippen LogP contribution in [0.5, 0.6) is 11.8 Å². The summed E-state index contributed by atoms with van der Waals surface area (Å²) < 4.78 is 54.8. The van der Waals surface area contributed by atoms with Gasteiger partial charge in [-0.2, -0.15) is 18.2 Å². The number of carboxylic acids is 1. The van der Waals surface area contributed by atoms with Crippen LogP contribution in [0.1, 0.15) is 52.5 Å². The summed E-state index contributed by atoms with van der Waals surface area (Å²) in [6, 6.07) is 16.6. The minimum absolute atomic E-state index is 0.0133. The second kappa shape index (κ2) is 13.0. The van der Waals surface area contributed by atoms with Crippen LogP contribution in [0, 0.1) is 5.92 Å². The molecule has 48 heavy (non-hydrogen) atoms. The Bertz CT molecular complexity index is 1890. The average molecular weight is 679 g/mol. The Balaban J connectivity index is 1.19. The summed E-state index contributed by atoms with van der Waals surface area (Å²) in [6.07, 6.45) is -3.10. The number of nitrogens with one attached hydrogen (secondary N) is 1. The highest BCUT2D eigenvalue weighted by molar-refractivity contribution is 6.36. The Morgan fingerprint density at radius 2 is 1.83 bits per heavy atom. The number of aromatic nitrogens is 2. The number of halogens is 4. The van der Waals surface area contributed by atoms with E-state index in [9.17, 15) is 23.1 Å². The molecule has 2 aliphatic heterocycles. The lowest BCUT2D eigenvalue weighted by molar-refractivity contribution is -0.141. The maximum atomic E-state index is 14.4. The lowest BCUT2D eigenvalue weighted by Crippen LogP contribution is -2.24. The van der Waals surface area contributed by atoms with Crippen LogP contribution in [0.3, 0.4) is 0 Å². The number of carbonyl (C=O) groups is 1. The lowest BCUT2D eigenvalue weighted by atomic mass is 9.94. The summed E-state index contributed by atoms with van der Waals surface area (Å²) in [5.41, 5.74) is 6.54. The molecule has 12 heteroatoms. The number of benzene rings is 2. The second-order valence-electron chi connectivity index (χ2n) is 12.5. The standard InChI is InChI=1S/C36H34ClF3N4O4/c1-47-33-22(19-44-15-13-21(18-44)35(45)46)16-28(36(38,39)40)34(43-33)48-31-11-9-24-23(4-2-5-25(24)31)26-6-3-7-27(32(26)37)30-10-8-20-17-41-14-12-29(20)42-30/h2-8,10,16,21,31,41H,9,11-15,17-19H2,1H3,(H,45,46)/t21-,31+/m1/s1. The fourth-order valence-electron chi connectivity index (χ4n) is 7.07. The number of carboxylic acid groups (broad SMARTS) is 1. The summed E-state index contributed by atoms with van der Waals surface area (Å²) in [7, 11) is 1.35. The van der Waals surface area contributed by atoms with Crippen LogP contribution in [0.4, 0.5) is 13.2 Å². The molecule has 0 radical (unpaired) electrons. The number of nitrogens with zero attached hydrogens (tertiary/aromatic N) is 3. The number of likely N-dealkylation sites (tertiary alicyclic amines) is 1. The molecule has 4 heterocycles. The van der Waals surface area contributed by atoms with Crippen molar-refractivity contribution in [2.24, 2.45) is 5.92 Å². The van der Waals surface area contributed by atoms with Crippen LogP contribution in [0.15, 0.2) is 54.6 Å². The highest BCUT2D eigenvalue weighted by Crippen LogP contribution is 2.46. The number of ether oxygens (including phenoxy) is 2. The van der Waals surface area contributed by atoms with Crippen molar-refractivity contribution < 1.29 is 32.5 Å². The van der Waals surface area contributed by atoms with E-state index in [1.54, 1.807) is 4.90 Å². The van der Waals surface area contributed by atoms with Crippen molar-refractivity contribution in [2.45, 2.75) is 51.1 Å². The Labute approximate surface area is 280 Å². The monoisotopic (exact) mass is 678 g/mol. The molecule has 7 rings (SSSR count). The third-order valence-electron chi connectivity index (χ3n) is 9.50. The van der Waals surface area contributed by atoms with Gasteiger partial charge in [-0.3, -0.25) is 14.7 Å². The Morgan fingerprint density at radius 1 is 1.04 bits per heavy atom. The van der Waals surface area contributed by atoms with E-state index in [4.69, 9.17) is 26.1 Å². The van der Waals surface area contributed by atoms with Gasteiger partial charge in [0, 0.05) is 55.0 Å². The van der Waals surface area contributed by atoms with E-state index in [1.807, 2.05) is 42.5 Å². The van der Waals surface area contributed by atoms with Gasteiger partial charge in [-0.05, 0) is 60.2 Å². The van der Waals surface area contributed by atoms with Crippen molar-refractivity contribution in [1.29, 1.82) is 0 Å². The van der Waals surface area contributed by atoms with E-state index >= 15 is 0 Å². The Hall–Kier alpha value is -4.19. The molecular formula is C36H34ClF3N4O4. The number of fused-ring (bicyclic) bond motifs is 2. The first-order valence-electron chi connectivity index (χ1n) is 16.0. The number of alkyl halides is 3. The smallest absolute Gasteiger partial charge is 0.421 e. The van der Waals surface area contributed by atoms with Gasteiger partial charge in [0.15, 0.2) is 0 Å². The van der Waals surface area contributed by atoms with Gasteiger partial charge in [-0.1, -0.05) is 54.1 Å². The maximum absolute atomic E-state index is 14.4. The van der Waals surface area contributed by atoms with Crippen LogP contribution < -0.4 is 14.8 Å². The van der Waals surface area contributed by atoms with E-state index in [0.29, 0.717) is 30.8 Å². The van der Waals surface area contributed by atoms with Crippen molar-refractivity contribution >= 4 is 17.6 Å². The quantitative estimate of drug-likeness (QED) is 0.204. The van der Waals surface area contributed by atoms with Gasteiger partial charge < -0.3 is 19.9 Å². The first-order valence-corrected chi connectivity index (χ1v) is 16.4. The van der Waals surface area contributed by atoms with Crippen LogP contribution in [0.2, 0.25) is 5.02 Å². The minimum atomic E-state index is -4.74. The molecule has 8 nitrogen and oxygen atoms in total. The molecular weight excluding hydrogens is 645 g/mol. The van der Waals surface area contributed by atoms with Crippen LogP contribution in [0.25, 0.3) is 22.4 Å². The zero-order chi connectivity index (χ0) is 33.6. The van der Waals surface area contributed by atoms with Crippen molar-refractivity contribution in [3.8, 4) is 34.1 Å². The van der Waals surface area contributed by atoms with E-state index in [0.717, 1.165) is 64.8 Å². The van der Waals surface area contributed by atoms with Gasteiger partial charge in [-0.15, -0.1) is 0 Å². The molecule has 0 saturated carbocycles. The fourth-order valence-corrected chi connectivity index (χ4v) is 7.40. The van der Waals surface area contributed by atoms with Gasteiger partial charge in [0.05, 0.1) is 23.7 Å². The summed E-state index contributed by atoms with van der Waals surface area (Å²) in [6.45, 7) is 2.45. The predicted molar refractivity (Wildman–Crippen MR) is 174 cm³/mol. The van der Waals surface area contributed by atoms with Crippen LogP contribution in [-0.2, 0) is 36.9 Å². The summed E-state index contributed by atoms with van der Waals surface area (Å²) in [5.74, 6) is -2.01. The van der Waals surface area contributed by atoms with Gasteiger partial charge in [-0.25, -0.2) is 0 Å². The van der Waals surface area contributed by atoms with Gasteiger partial charge in [0.25, 0.3) is 0 Å². The molecule has 3 aliphatic rings. The van der Waals surface area contributed by atoms with Crippen LogP contribution in [-0.4, -0.2) is 52.7 Å². The number of pyridine rings is 2. The molecule has 2 N–H and O–H groups in total. The number of hydrogen-bond acceptors (Lipinski definition) is 7. The minimum Gasteiger partial charge on any atom is -0.481 e. The molecule has 1 saturated heterocycles. The normalized spacial score (nSPS) is 19.2. The van der Waals surface area contributed by atoms with Crippen molar-refractivity contribution in [1.82, 2.24) is 20.2 Å². The third-order valence-corrected chi connectivity index (χ3v) is 9.91. The van der Waals surface area contributed by atoms with Crippen molar-refractivity contribution in [3.63, 3.8) is 0 Å². The molecule has 1 fully saturated rings. The summed E-state index contributed by atoms with van der Waals surface area (Å²) in [5, 5.41) is 13.3. The van der Waals surface area contributed by atoms with Crippen molar-refractivity contribution in [3.05, 3.63) is 93.1 Å². The largest absolute Gasteiger partial charge is 0.481 e. The Kier molecular flexibility index (Phi) is 8.78.